The van der Waals surface area contributed by atoms with Crippen molar-refractivity contribution in [1.82, 2.24) is 15.5 Å². The van der Waals surface area contributed by atoms with Crippen LogP contribution in [-0.2, 0) is 11.2 Å². The first-order valence-electron chi connectivity index (χ1n) is 6.96. The Morgan fingerprint density at radius 2 is 2.47 bits per heavy atom. The van der Waals surface area contributed by atoms with Crippen LogP contribution >= 0.6 is 11.3 Å². The monoisotopic (exact) mass is 281 g/mol. The summed E-state index contributed by atoms with van der Waals surface area (Å²) in [5.41, 5.74) is 0. The average molecular weight is 281 g/mol. The van der Waals surface area contributed by atoms with Gasteiger partial charge in [0, 0.05) is 24.0 Å². The van der Waals surface area contributed by atoms with Crippen molar-refractivity contribution < 1.29 is 4.79 Å². The van der Waals surface area contributed by atoms with Crippen LogP contribution in [0, 0.1) is 0 Å². The molecular weight excluding hydrogens is 258 g/mol. The summed E-state index contributed by atoms with van der Waals surface area (Å²) >= 11 is 1.74. The SMILES string of the molecule is CNC1CCCN(CC(=O)NCCc2cccs2)C1. The molecule has 0 aliphatic carbocycles. The molecule has 1 aliphatic rings. The summed E-state index contributed by atoms with van der Waals surface area (Å²) in [4.78, 5) is 15.4. The lowest BCUT2D eigenvalue weighted by Gasteiger charge is -2.31. The summed E-state index contributed by atoms with van der Waals surface area (Å²) in [6.45, 7) is 3.29. The third-order valence-electron chi connectivity index (χ3n) is 3.55. The summed E-state index contributed by atoms with van der Waals surface area (Å²) in [7, 11) is 2.00. The highest BCUT2D eigenvalue weighted by Gasteiger charge is 2.19. The molecule has 1 unspecified atom stereocenters. The molecular formula is C14H23N3OS. The molecule has 0 aromatic carbocycles. The second kappa shape index (κ2) is 7.62. The van der Waals surface area contributed by atoms with Crippen molar-refractivity contribution in [2.24, 2.45) is 0 Å². The first kappa shape index (κ1) is 14.5. The highest BCUT2D eigenvalue weighted by Crippen LogP contribution is 2.09. The summed E-state index contributed by atoms with van der Waals surface area (Å²) in [5.74, 6) is 0.147. The molecule has 106 valence electrons. The summed E-state index contributed by atoms with van der Waals surface area (Å²) in [6.07, 6.45) is 3.32. The number of carbonyl (C=O) groups is 1. The van der Waals surface area contributed by atoms with Crippen molar-refractivity contribution in [3.8, 4) is 0 Å². The van der Waals surface area contributed by atoms with E-state index in [9.17, 15) is 4.79 Å². The Morgan fingerprint density at radius 3 is 3.21 bits per heavy atom. The lowest BCUT2D eigenvalue weighted by molar-refractivity contribution is -0.122. The van der Waals surface area contributed by atoms with Crippen molar-refractivity contribution in [2.45, 2.75) is 25.3 Å². The van der Waals surface area contributed by atoms with Gasteiger partial charge in [0.1, 0.15) is 0 Å². The summed E-state index contributed by atoms with van der Waals surface area (Å²) in [6, 6.07) is 4.69. The van der Waals surface area contributed by atoms with E-state index in [1.165, 1.54) is 17.7 Å². The molecule has 0 radical (unpaired) electrons. The van der Waals surface area contributed by atoms with Gasteiger partial charge in [-0.05, 0) is 44.3 Å². The van der Waals surface area contributed by atoms with Gasteiger partial charge >= 0.3 is 0 Å². The standard InChI is InChI=1S/C14H23N3OS/c1-15-12-4-2-8-17(10-12)11-14(18)16-7-6-13-5-3-9-19-13/h3,5,9,12,15H,2,4,6-8,10-11H2,1H3,(H,16,18). The van der Waals surface area contributed by atoms with Gasteiger partial charge in [-0.15, -0.1) is 11.3 Å². The predicted molar refractivity (Wildman–Crippen MR) is 79.6 cm³/mol. The second-order valence-corrected chi connectivity index (χ2v) is 6.07. The highest BCUT2D eigenvalue weighted by molar-refractivity contribution is 7.09. The number of rotatable bonds is 6. The van der Waals surface area contributed by atoms with Gasteiger partial charge in [0.15, 0.2) is 0 Å². The summed E-state index contributed by atoms with van der Waals surface area (Å²) in [5, 5.41) is 8.38. The van der Waals surface area contributed by atoms with Crippen LogP contribution in [0.25, 0.3) is 0 Å². The van der Waals surface area contributed by atoms with Crippen LogP contribution in [0.2, 0.25) is 0 Å². The smallest absolute Gasteiger partial charge is 0.234 e. The number of hydrogen-bond donors (Lipinski definition) is 2. The van der Waals surface area contributed by atoms with Crippen LogP contribution in [0.5, 0.6) is 0 Å². The Bertz CT molecular complexity index is 380. The molecule has 0 bridgehead atoms. The van der Waals surface area contributed by atoms with E-state index in [1.807, 2.05) is 13.1 Å². The van der Waals surface area contributed by atoms with Gasteiger partial charge in [0.05, 0.1) is 6.54 Å². The molecule has 1 aromatic rings. The van der Waals surface area contributed by atoms with E-state index in [0.717, 1.165) is 26.1 Å². The highest BCUT2D eigenvalue weighted by atomic mass is 32.1. The average Bonchev–Trinajstić information content (AvgIpc) is 2.92. The van der Waals surface area contributed by atoms with Gasteiger partial charge in [-0.25, -0.2) is 0 Å². The second-order valence-electron chi connectivity index (χ2n) is 5.04. The lowest BCUT2D eigenvalue weighted by Crippen LogP contribution is -2.48. The number of nitrogens with zero attached hydrogens (tertiary/aromatic N) is 1. The first-order valence-corrected chi connectivity index (χ1v) is 7.84. The number of hydrogen-bond acceptors (Lipinski definition) is 4. The van der Waals surface area contributed by atoms with E-state index < -0.39 is 0 Å². The Balaban J connectivity index is 1.63. The molecule has 1 amide bonds. The minimum absolute atomic E-state index is 0.147. The Morgan fingerprint density at radius 1 is 1.58 bits per heavy atom. The zero-order chi connectivity index (χ0) is 13.5. The zero-order valence-electron chi connectivity index (χ0n) is 11.5. The van der Waals surface area contributed by atoms with E-state index in [1.54, 1.807) is 11.3 Å². The Kier molecular flexibility index (Phi) is 5.82. The molecule has 1 fully saturated rings. The summed E-state index contributed by atoms with van der Waals surface area (Å²) < 4.78 is 0. The number of amides is 1. The molecule has 1 atom stereocenters. The van der Waals surface area contributed by atoms with Crippen LogP contribution < -0.4 is 10.6 Å². The van der Waals surface area contributed by atoms with Gasteiger partial charge in [-0.3, -0.25) is 9.69 Å². The van der Waals surface area contributed by atoms with Gasteiger partial charge in [0.25, 0.3) is 0 Å². The normalized spacial score (nSPS) is 20.4. The molecule has 0 saturated carbocycles. The third-order valence-corrected chi connectivity index (χ3v) is 4.49. The predicted octanol–water partition coefficient (Wildman–Crippen LogP) is 1.09. The maximum absolute atomic E-state index is 11.9. The molecule has 2 rings (SSSR count). The van der Waals surface area contributed by atoms with Gasteiger partial charge in [-0.2, -0.15) is 0 Å². The van der Waals surface area contributed by atoms with Gasteiger partial charge < -0.3 is 10.6 Å². The van der Waals surface area contributed by atoms with Crippen molar-refractivity contribution >= 4 is 17.2 Å². The van der Waals surface area contributed by atoms with E-state index >= 15 is 0 Å². The molecule has 4 nitrogen and oxygen atoms in total. The lowest BCUT2D eigenvalue weighted by atomic mass is 10.1. The molecule has 5 heteroatoms. The molecule has 1 saturated heterocycles. The first-order chi connectivity index (χ1) is 9.28. The minimum Gasteiger partial charge on any atom is -0.355 e. The van der Waals surface area contributed by atoms with E-state index in [2.05, 4.69) is 27.0 Å². The number of nitrogens with one attached hydrogen (secondary N) is 2. The van der Waals surface area contributed by atoms with E-state index in [0.29, 0.717) is 12.6 Å². The molecule has 0 spiro atoms. The van der Waals surface area contributed by atoms with E-state index in [-0.39, 0.29) is 5.91 Å². The number of likely N-dealkylation sites (N-methyl/N-ethyl adjacent to an activating group) is 1. The molecule has 1 aliphatic heterocycles. The number of carbonyl (C=O) groups excluding carboxylic acids is 1. The fraction of sp³-hybridized carbons (Fsp3) is 0.643. The van der Waals surface area contributed by atoms with Gasteiger partial charge in [0.2, 0.25) is 5.91 Å². The van der Waals surface area contributed by atoms with Crippen molar-refractivity contribution in [3.63, 3.8) is 0 Å². The molecule has 19 heavy (non-hydrogen) atoms. The zero-order valence-corrected chi connectivity index (χ0v) is 12.3. The molecule has 1 aromatic heterocycles. The fourth-order valence-electron chi connectivity index (χ4n) is 2.47. The largest absolute Gasteiger partial charge is 0.355 e. The van der Waals surface area contributed by atoms with Crippen LogP contribution in [0.15, 0.2) is 17.5 Å². The third kappa shape index (κ3) is 4.93. The van der Waals surface area contributed by atoms with Crippen LogP contribution in [0.4, 0.5) is 0 Å². The van der Waals surface area contributed by atoms with Crippen LogP contribution in [0.1, 0.15) is 17.7 Å². The fourth-order valence-corrected chi connectivity index (χ4v) is 3.18. The van der Waals surface area contributed by atoms with E-state index in [4.69, 9.17) is 0 Å². The quantitative estimate of drug-likeness (QED) is 0.820. The molecule has 2 N–H and O–H groups in total. The Labute approximate surface area is 119 Å². The van der Waals surface area contributed by atoms with Crippen molar-refractivity contribution in [1.29, 1.82) is 0 Å². The van der Waals surface area contributed by atoms with Crippen molar-refractivity contribution in [3.05, 3.63) is 22.4 Å². The number of piperidine rings is 1. The van der Waals surface area contributed by atoms with Crippen LogP contribution in [0.3, 0.4) is 0 Å². The maximum Gasteiger partial charge on any atom is 0.234 e. The topological polar surface area (TPSA) is 44.4 Å². The van der Waals surface area contributed by atoms with Crippen molar-refractivity contribution in [2.75, 3.05) is 33.2 Å². The van der Waals surface area contributed by atoms with Crippen LogP contribution in [-0.4, -0.2) is 50.1 Å². The number of likely N-dealkylation sites (tertiary alicyclic amines) is 1. The maximum atomic E-state index is 11.9. The molecule has 2 heterocycles. The minimum atomic E-state index is 0.147. The van der Waals surface area contributed by atoms with Gasteiger partial charge in [-0.1, -0.05) is 6.07 Å². The number of thiophene rings is 1. The Hall–Kier alpha value is -0.910.